The maximum absolute atomic E-state index is 11.8. The molecule has 0 amide bonds. The molecule has 84 valence electrons. The van der Waals surface area contributed by atoms with Gasteiger partial charge in [-0.15, -0.1) is 0 Å². The van der Waals surface area contributed by atoms with Crippen molar-refractivity contribution in [2.24, 2.45) is 0 Å². The van der Waals surface area contributed by atoms with Crippen molar-refractivity contribution in [2.45, 2.75) is 6.18 Å². The molecule has 1 N–H and O–H groups in total. The zero-order valence-corrected chi connectivity index (χ0v) is 7.91. The SMILES string of the molecule is [B]c1ccc(C(=O)O)cc1OCC(F)(F)F. The van der Waals surface area contributed by atoms with Crippen LogP contribution in [0, 0.1) is 0 Å². The average molecular weight is 230 g/mol. The van der Waals surface area contributed by atoms with Gasteiger partial charge in [-0.3, -0.25) is 0 Å². The molecule has 0 aromatic heterocycles. The van der Waals surface area contributed by atoms with E-state index in [0.717, 1.165) is 6.07 Å². The molecule has 0 unspecified atom stereocenters. The van der Waals surface area contributed by atoms with E-state index in [1.54, 1.807) is 0 Å². The molecule has 0 atom stereocenters. The Labute approximate surface area is 90.2 Å². The van der Waals surface area contributed by atoms with E-state index < -0.39 is 18.8 Å². The van der Waals surface area contributed by atoms with Crippen molar-refractivity contribution >= 4 is 19.3 Å². The second kappa shape index (κ2) is 4.46. The Morgan fingerprint density at radius 2 is 2.06 bits per heavy atom. The first-order valence-corrected chi connectivity index (χ1v) is 4.12. The number of hydrogen-bond donors (Lipinski definition) is 1. The van der Waals surface area contributed by atoms with E-state index >= 15 is 0 Å². The summed E-state index contributed by atoms with van der Waals surface area (Å²) < 4.78 is 39.9. The maximum Gasteiger partial charge on any atom is 0.422 e. The van der Waals surface area contributed by atoms with E-state index in [9.17, 15) is 18.0 Å². The predicted octanol–water partition coefficient (Wildman–Crippen LogP) is 1.12. The van der Waals surface area contributed by atoms with Gasteiger partial charge in [0, 0.05) is 0 Å². The fourth-order valence-electron chi connectivity index (χ4n) is 0.952. The molecular weight excluding hydrogens is 224 g/mol. The lowest BCUT2D eigenvalue weighted by Gasteiger charge is -2.12. The van der Waals surface area contributed by atoms with E-state index in [0.29, 0.717) is 0 Å². The number of hydrogen-bond acceptors (Lipinski definition) is 2. The summed E-state index contributed by atoms with van der Waals surface area (Å²) in [6.45, 7) is -1.51. The van der Waals surface area contributed by atoms with Crippen LogP contribution in [-0.2, 0) is 0 Å². The zero-order chi connectivity index (χ0) is 12.3. The quantitative estimate of drug-likeness (QED) is 0.791. The van der Waals surface area contributed by atoms with Crippen LogP contribution in [0.5, 0.6) is 5.75 Å². The van der Waals surface area contributed by atoms with Crippen molar-refractivity contribution in [3.05, 3.63) is 23.8 Å². The molecule has 0 aliphatic rings. The Morgan fingerprint density at radius 3 is 2.56 bits per heavy atom. The molecule has 0 fully saturated rings. The lowest BCUT2D eigenvalue weighted by Crippen LogP contribution is -2.22. The molecule has 1 aromatic carbocycles. The number of rotatable bonds is 3. The van der Waals surface area contributed by atoms with Gasteiger partial charge in [0.15, 0.2) is 6.61 Å². The number of halogens is 3. The van der Waals surface area contributed by atoms with Crippen molar-refractivity contribution in [3.63, 3.8) is 0 Å². The highest BCUT2D eigenvalue weighted by molar-refractivity contribution is 6.34. The number of alkyl halides is 3. The molecule has 1 aromatic rings. The molecule has 0 saturated carbocycles. The van der Waals surface area contributed by atoms with Crippen LogP contribution >= 0.6 is 0 Å². The lowest BCUT2D eigenvalue weighted by atomic mass is 9.94. The minimum absolute atomic E-state index is 0.0470. The number of carboxylic acids is 1. The van der Waals surface area contributed by atoms with Crippen LogP contribution in [0.2, 0.25) is 0 Å². The highest BCUT2D eigenvalue weighted by Gasteiger charge is 2.28. The predicted molar refractivity (Wildman–Crippen MR) is 50.3 cm³/mol. The number of carbonyl (C=O) groups is 1. The zero-order valence-electron chi connectivity index (χ0n) is 7.91. The normalized spacial score (nSPS) is 11.2. The Bertz CT molecular complexity index is 403. The highest BCUT2D eigenvalue weighted by atomic mass is 19.4. The van der Waals surface area contributed by atoms with Gasteiger partial charge in [0.1, 0.15) is 13.6 Å². The Kier molecular flexibility index (Phi) is 3.46. The van der Waals surface area contributed by atoms with Crippen molar-refractivity contribution in [1.82, 2.24) is 0 Å². The monoisotopic (exact) mass is 230 g/mol. The molecule has 0 heterocycles. The first kappa shape index (κ1) is 12.4. The van der Waals surface area contributed by atoms with Crippen LogP contribution in [0.1, 0.15) is 10.4 Å². The fraction of sp³-hybridized carbons (Fsp3) is 0.222. The van der Waals surface area contributed by atoms with E-state index in [-0.39, 0.29) is 16.8 Å². The van der Waals surface area contributed by atoms with Gasteiger partial charge in [0.2, 0.25) is 0 Å². The Hall–Kier alpha value is -1.66. The van der Waals surface area contributed by atoms with Crippen molar-refractivity contribution in [1.29, 1.82) is 0 Å². The average Bonchev–Trinajstić information content (AvgIpc) is 2.14. The number of aromatic carboxylic acids is 1. The summed E-state index contributed by atoms with van der Waals surface area (Å²) in [7, 11) is 5.33. The highest BCUT2D eigenvalue weighted by Crippen LogP contribution is 2.17. The molecule has 0 aliphatic carbocycles. The maximum atomic E-state index is 11.8. The van der Waals surface area contributed by atoms with Gasteiger partial charge >= 0.3 is 12.1 Å². The minimum atomic E-state index is -4.49. The van der Waals surface area contributed by atoms with Gasteiger partial charge in [0.05, 0.1) is 5.56 Å². The third kappa shape index (κ3) is 3.49. The van der Waals surface area contributed by atoms with Crippen molar-refractivity contribution in [3.8, 4) is 5.75 Å². The fourth-order valence-corrected chi connectivity index (χ4v) is 0.952. The van der Waals surface area contributed by atoms with Gasteiger partial charge in [0.25, 0.3) is 0 Å². The molecule has 1 rings (SSSR count). The van der Waals surface area contributed by atoms with Gasteiger partial charge in [-0.2, -0.15) is 13.2 Å². The van der Waals surface area contributed by atoms with E-state index in [2.05, 4.69) is 4.74 Å². The molecule has 0 bridgehead atoms. The smallest absolute Gasteiger partial charge is 0.422 e. The molecular formula is C9H6BF3O3. The first-order valence-electron chi connectivity index (χ1n) is 4.12. The summed E-state index contributed by atoms with van der Waals surface area (Å²) in [4.78, 5) is 10.5. The minimum Gasteiger partial charge on any atom is -0.485 e. The van der Waals surface area contributed by atoms with Gasteiger partial charge in [-0.05, 0) is 12.1 Å². The van der Waals surface area contributed by atoms with Crippen LogP contribution in [0.4, 0.5) is 13.2 Å². The number of ether oxygens (including phenoxy) is 1. The van der Waals surface area contributed by atoms with Crippen LogP contribution < -0.4 is 10.2 Å². The van der Waals surface area contributed by atoms with Crippen LogP contribution in [-0.4, -0.2) is 31.7 Å². The second-order valence-corrected chi connectivity index (χ2v) is 2.96. The molecule has 3 nitrogen and oxygen atoms in total. The summed E-state index contributed by atoms with van der Waals surface area (Å²) in [5, 5.41) is 8.61. The van der Waals surface area contributed by atoms with E-state index in [4.69, 9.17) is 13.0 Å². The summed E-state index contributed by atoms with van der Waals surface area (Å²) in [6.07, 6.45) is -4.49. The molecule has 0 spiro atoms. The van der Waals surface area contributed by atoms with E-state index in [1.165, 1.54) is 12.1 Å². The Balaban J connectivity index is 2.86. The molecule has 16 heavy (non-hydrogen) atoms. The van der Waals surface area contributed by atoms with Gasteiger partial charge < -0.3 is 9.84 Å². The van der Waals surface area contributed by atoms with Crippen molar-refractivity contribution in [2.75, 3.05) is 6.61 Å². The topological polar surface area (TPSA) is 46.5 Å². The van der Waals surface area contributed by atoms with Gasteiger partial charge in [-0.1, -0.05) is 11.5 Å². The third-order valence-corrected chi connectivity index (χ3v) is 1.65. The van der Waals surface area contributed by atoms with Crippen molar-refractivity contribution < 1.29 is 27.8 Å². The first-order chi connectivity index (χ1) is 7.29. The largest absolute Gasteiger partial charge is 0.485 e. The summed E-state index contributed by atoms with van der Waals surface area (Å²) in [6, 6.07) is 3.30. The molecule has 0 saturated heterocycles. The van der Waals surface area contributed by atoms with Crippen LogP contribution in [0.25, 0.3) is 0 Å². The number of carboxylic acid groups (broad SMARTS) is 1. The standard InChI is InChI=1S/C9H6BF3O3/c10-6-2-1-5(8(14)15)3-7(6)16-4-9(11,12)13/h1-3H,4H2,(H,14,15). The number of benzene rings is 1. The molecule has 0 aliphatic heterocycles. The van der Waals surface area contributed by atoms with Crippen LogP contribution in [0.15, 0.2) is 18.2 Å². The summed E-state index contributed by atoms with van der Waals surface area (Å²) in [5.41, 5.74) is -0.236. The summed E-state index contributed by atoms with van der Waals surface area (Å²) >= 11 is 0. The van der Waals surface area contributed by atoms with E-state index in [1.807, 2.05) is 0 Å². The lowest BCUT2D eigenvalue weighted by molar-refractivity contribution is -0.153. The molecule has 2 radical (unpaired) electrons. The third-order valence-electron chi connectivity index (χ3n) is 1.65. The molecule has 7 heteroatoms. The second-order valence-electron chi connectivity index (χ2n) is 2.96. The Morgan fingerprint density at radius 1 is 1.44 bits per heavy atom. The van der Waals surface area contributed by atoms with Gasteiger partial charge in [-0.25, -0.2) is 4.79 Å². The van der Waals surface area contributed by atoms with Crippen LogP contribution in [0.3, 0.4) is 0 Å². The summed E-state index contributed by atoms with van der Waals surface area (Å²) in [5.74, 6) is -1.56.